The number of thiol groups is 1. The molecule has 4 aromatic rings. The van der Waals surface area contributed by atoms with Gasteiger partial charge in [-0.3, -0.25) is 4.55 Å². The maximum Gasteiger partial charge on any atom is 0.294 e. The van der Waals surface area contributed by atoms with Crippen LogP contribution < -0.4 is 0 Å². The summed E-state index contributed by atoms with van der Waals surface area (Å²) in [5.41, 5.74) is 6.60. The predicted molar refractivity (Wildman–Crippen MR) is 141 cm³/mol. The summed E-state index contributed by atoms with van der Waals surface area (Å²) in [5, 5.41) is 0. The Morgan fingerprint density at radius 3 is 1.91 bits per heavy atom. The molecule has 0 bridgehead atoms. The van der Waals surface area contributed by atoms with Crippen LogP contribution in [0.5, 0.6) is 0 Å². The van der Waals surface area contributed by atoms with E-state index in [-0.39, 0.29) is 4.90 Å². The molecule has 0 fully saturated rings. The zero-order valence-electron chi connectivity index (χ0n) is 19.1. The van der Waals surface area contributed by atoms with E-state index in [4.69, 9.17) is 0 Å². The molecule has 1 unspecified atom stereocenters. The second-order valence-electron chi connectivity index (χ2n) is 8.64. The molecule has 0 aromatic heterocycles. The highest BCUT2D eigenvalue weighted by Gasteiger charge is 2.14. The van der Waals surface area contributed by atoms with Crippen LogP contribution in [-0.4, -0.2) is 13.0 Å². The quantitative estimate of drug-likeness (QED) is 0.207. The van der Waals surface area contributed by atoms with Crippen molar-refractivity contribution in [3.63, 3.8) is 0 Å². The minimum Gasteiger partial charge on any atom is -0.282 e. The predicted octanol–water partition coefficient (Wildman–Crippen LogP) is 7.02. The number of hydrogen-bond acceptors (Lipinski definition) is 3. The Labute approximate surface area is 207 Å². The summed E-state index contributed by atoms with van der Waals surface area (Å²) in [6.07, 6.45) is 2.19. The van der Waals surface area contributed by atoms with Crippen molar-refractivity contribution in [2.45, 2.75) is 41.9 Å². The topological polar surface area (TPSA) is 54.4 Å². The molecule has 0 radical (unpaired) electrons. The maximum absolute atomic E-state index is 11.6. The van der Waals surface area contributed by atoms with E-state index < -0.39 is 10.1 Å². The van der Waals surface area contributed by atoms with Gasteiger partial charge in [0.15, 0.2) is 0 Å². The number of hydrogen-bond donors (Lipinski definition) is 2. The molecular weight excluding hydrogens is 460 g/mol. The van der Waals surface area contributed by atoms with Crippen molar-refractivity contribution < 1.29 is 13.0 Å². The average molecular weight is 489 g/mol. The molecule has 0 heterocycles. The molecule has 174 valence electrons. The molecule has 1 N–H and O–H groups in total. The highest BCUT2D eigenvalue weighted by Crippen LogP contribution is 2.27. The van der Waals surface area contributed by atoms with Crippen molar-refractivity contribution in [3.8, 4) is 11.1 Å². The lowest BCUT2D eigenvalue weighted by Crippen LogP contribution is -2.04. The van der Waals surface area contributed by atoms with Crippen molar-refractivity contribution in [1.29, 1.82) is 0 Å². The van der Waals surface area contributed by atoms with Gasteiger partial charge in [0.2, 0.25) is 0 Å². The zero-order chi connectivity index (χ0) is 24.1. The Hall–Kier alpha value is -2.86. The standard InChI is InChI=1S/C29H28O3S2/c1-21(27-7-3-4-8-28(27)33)20-23-13-17-25(18-14-23)24-15-10-22(11-16-24)12-19-26-6-2-5-9-29(26)34(30,31)32/h2-11,13-18,21,33H,12,19-20H2,1H3,(H,30,31,32). The molecule has 34 heavy (non-hydrogen) atoms. The van der Waals surface area contributed by atoms with Crippen LogP contribution in [0.25, 0.3) is 11.1 Å². The molecule has 4 rings (SSSR count). The van der Waals surface area contributed by atoms with E-state index in [2.05, 4.69) is 80.2 Å². The first-order chi connectivity index (χ1) is 16.3. The van der Waals surface area contributed by atoms with Crippen LogP contribution in [0.15, 0.2) is 107 Å². The number of aryl methyl sites for hydroxylation is 2. The van der Waals surface area contributed by atoms with E-state index in [0.29, 0.717) is 24.3 Å². The van der Waals surface area contributed by atoms with Crippen molar-refractivity contribution in [1.82, 2.24) is 0 Å². The average Bonchev–Trinajstić information content (AvgIpc) is 2.83. The number of rotatable bonds is 8. The van der Waals surface area contributed by atoms with E-state index in [1.54, 1.807) is 18.2 Å². The Morgan fingerprint density at radius 2 is 1.29 bits per heavy atom. The summed E-state index contributed by atoms with van der Waals surface area (Å²) >= 11 is 4.59. The van der Waals surface area contributed by atoms with Gasteiger partial charge in [-0.05, 0) is 70.7 Å². The minimum atomic E-state index is -4.21. The SMILES string of the molecule is CC(Cc1ccc(-c2ccc(CCc3ccccc3S(=O)(=O)O)cc2)cc1)c1ccccc1S. The van der Waals surface area contributed by atoms with E-state index in [1.165, 1.54) is 17.2 Å². The van der Waals surface area contributed by atoms with Gasteiger partial charge in [0, 0.05) is 4.90 Å². The molecule has 1 atom stereocenters. The van der Waals surface area contributed by atoms with Gasteiger partial charge in [-0.2, -0.15) is 8.42 Å². The number of benzene rings is 4. The van der Waals surface area contributed by atoms with Crippen molar-refractivity contribution in [2.24, 2.45) is 0 Å². The minimum absolute atomic E-state index is 0.0149. The normalized spacial score (nSPS) is 12.4. The van der Waals surface area contributed by atoms with Gasteiger partial charge >= 0.3 is 0 Å². The smallest absolute Gasteiger partial charge is 0.282 e. The summed E-state index contributed by atoms with van der Waals surface area (Å²) in [5.74, 6) is 0.393. The fraction of sp³-hybridized carbons (Fsp3) is 0.172. The van der Waals surface area contributed by atoms with Gasteiger partial charge in [-0.15, -0.1) is 12.6 Å². The maximum atomic E-state index is 11.6. The molecule has 3 nitrogen and oxygen atoms in total. The fourth-order valence-electron chi connectivity index (χ4n) is 4.31. The van der Waals surface area contributed by atoms with Crippen molar-refractivity contribution in [2.75, 3.05) is 0 Å². The van der Waals surface area contributed by atoms with Gasteiger partial charge in [0.25, 0.3) is 10.1 Å². The van der Waals surface area contributed by atoms with Gasteiger partial charge in [-0.1, -0.05) is 91.9 Å². The van der Waals surface area contributed by atoms with Crippen molar-refractivity contribution in [3.05, 3.63) is 119 Å². The fourth-order valence-corrected chi connectivity index (χ4v) is 5.44. The van der Waals surface area contributed by atoms with Gasteiger partial charge in [-0.25, -0.2) is 0 Å². The van der Waals surface area contributed by atoms with E-state index >= 15 is 0 Å². The van der Waals surface area contributed by atoms with Crippen LogP contribution in [0.2, 0.25) is 0 Å². The monoisotopic (exact) mass is 488 g/mol. The summed E-state index contributed by atoms with van der Waals surface area (Å²) in [6.45, 7) is 2.23. The van der Waals surface area contributed by atoms with E-state index in [0.717, 1.165) is 28.0 Å². The largest absolute Gasteiger partial charge is 0.294 e. The summed E-state index contributed by atoms with van der Waals surface area (Å²) in [7, 11) is -4.21. The van der Waals surface area contributed by atoms with Gasteiger partial charge in [0.05, 0.1) is 4.90 Å². The second-order valence-corrected chi connectivity index (χ2v) is 10.5. The Morgan fingerprint density at radius 1 is 0.735 bits per heavy atom. The summed E-state index contributed by atoms with van der Waals surface area (Å²) in [4.78, 5) is 1.02. The van der Waals surface area contributed by atoms with Gasteiger partial charge in [0.1, 0.15) is 0 Å². The first-order valence-corrected chi connectivity index (χ1v) is 13.2. The first kappa shape index (κ1) is 24.3. The van der Waals surface area contributed by atoms with Crippen LogP contribution in [0.3, 0.4) is 0 Å². The third kappa shape index (κ3) is 5.98. The van der Waals surface area contributed by atoms with Crippen LogP contribution in [0.1, 0.15) is 35.1 Å². The third-order valence-electron chi connectivity index (χ3n) is 6.18. The highest BCUT2D eigenvalue weighted by atomic mass is 32.2. The molecule has 4 aromatic carbocycles. The van der Waals surface area contributed by atoms with E-state index in [1.807, 2.05) is 12.1 Å². The van der Waals surface area contributed by atoms with Crippen LogP contribution in [-0.2, 0) is 29.4 Å². The first-order valence-electron chi connectivity index (χ1n) is 11.3. The lowest BCUT2D eigenvalue weighted by atomic mass is 9.92. The summed E-state index contributed by atoms with van der Waals surface area (Å²) in [6, 6.07) is 31.9. The summed E-state index contributed by atoms with van der Waals surface area (Å²) < 4.78 is 32.6. The lowest BCUT2D eigenvalue weighted by Gasteiger charge is -2.14. The lowest BCUT2D eigenvalue weighted by molar-refractivity contribution is 0.482. The second kappa shape index (κ2) is 10.6. The molecule has 0 spiro atoms. The Bertz CT molecular complexity index is 1360. The third-order valence-corrected chi connectivity index (χ3v) is 7.55. The molecule has 0 saturated heterocycles. The molecule has 0 aliphatic carbocycles. The Balaban J connectivity index is 1.40. The highest BCUT2D eigenvalue weighted by molar-refractivity contribution is 7.85. The van der Waals surface area contributed by atoms with Crippen LogP contribution in [0, 0.1) is 0 Å². The molecular formula is C29H28O3S2. The Kier molecular flexibility index (Phi) is 7.57. The van der Waals surface area contributed by atoms with Crippen LogP contribution >= 0.6 is 12.6 Å². The molecule has 0 amide bonds. The van der Waals surface area contributed by atoms with E-state index in [9.17, 15) is 13.0 Å². The molecule has 0 saturated carbocycles. The van der Waals surface area contributed by atoms with Gasteiger partial charge < -0.3 is 0 Å². The molecule has 0 aliphatic rings. The molecule has 0 aliphatic heterocycles. The van der Waals surface area contributed by atoms with Crippen LogP contribution in [0.4, 0.5) is 0 Å². The molecule has 5 heteroatoms. The zero-order valence-corrected chi connectivity index (χ0v) is 20.8. The van der Waals surface area contributed by atoms with Crippen molar-refractivity contribution >= 4 is 22.7 Å².